The number of anilines is 2. The Hall–Kier alpha value is -5.22. The Morgan fingerprint density at radius 2 is 1.18 bits per heavy atom. The van der Waals surface area contributed by atoms with Crippen LogP contribution >= 0.6 is 0 Å². The highest BCUT2D eigenvalue weighted by Gasteiger charge is 2.56. The van der Waals surface area contributed by atoms with Crippen molar-refractivity contribution in [2.45, 2.75) is 64.7 Å². The maximum Gasteiger partial charge on any atom is 0.414 e. The molecule has 0 spiro atoms. The molecule has 1 aliphatic heterocycles. The van der Waals surface area contributed by atoms with E-state index in [1.165, 1.54) is 12.1 Å². The van der Waals surface area contributed by atoms with Gasteiger partial charge in [-0.3, -0.25) is 25.0 Å². The zero-order valence-corrected chi connectivity index (χ0v) is 24.7. The molecule has 16 heteroatoms. The summed E-state index contributed by atoms with van der Waals surface area (Å²) >= 11 is 0. The van der Waals surface area contributed by atoms with Gasteiger partial charge in [-0.05, 0) is 35.4 Å². The van der Waals surface area contributed by atoms with Crippen molar-refractivity contribution in [2.24, 2.45) is 0 Å². The molecule has 3 N–H and O–H groups in total. The summed E-state index contributed by atoms with van der Waals surface area (Å²) in [4.78, 5) is 73.0. The van der Waals surface area contributed by atoms with E-state index < -0.39 is 66.8 Å². The number of amides is 2. The molecular weight excluding hydrogens is 600 g/mol. The van der Waals surface area contributed by atoms with E-state index in [4.69, 9.17) is 38.3 Å². The molecule has 2 amide bonds. The van der Waals surface area contributed by atoms with Gasteiger partial charge in [0.15, 0.2) is 18.3 Å². The van der Waals surface area contributed by atoms with Crippen LogP contribution in [0.1, 0.15) is 31.9 Å². The van der Waals surface area contributed by atoms with Crippen molar-refractivity contribution in [3.8, 4) is 0 Å². The van der Waals surface area contributed by atoms with E-state index in [-0.39, 0.29) is 18.9 Å². The van der Waals surface area contributed by atoms with Crippen LogP contribution in [0.25, 0.3) is 0 Å². The lowest BCUT2D eigenvalue weighted by Crippen LogP contribution is -2.64. The average Bonchev–Trinajstić information content (AvgIpc) is 2.98. The normalized spacial score (nSPS) is 20.5. The van der Waals surface area contributed by atoms with E-state index >= 15 is 0 Å². The van der Waals surface area contributed by atoms with E-state index in [9.17, 15) is 28.8 Å². The lowest BCUT2D eigenvalue weighted by molar-refractivity contribution is -0.287. The van der Waals surface area contributed by atoms with Crippen molar-refractivity contribution in [3.05, 3.63) is 59.7 Å². The first-order chi connectivity index (χ1) is 21.4. The zero-order chi connectivity index (χ0) is 33.1. The molecule has 2 aromatic rings. The number of hydrogen-bond donors (Lipinski definition) is 3. The number of ether oxygens (including phenoxy) is 7. The van der Waals surface area contributed by atoms with E-state index in [1.54, 1.807) is 36.4 Å². The molecule has 0 bridgehead atoms. The monoisotopic (exact) mass is 632 g/mol. The Labute approximate surface area is 256 Å². The predicted molar refractivity (Wildman–Crippen MR) is 150 cm³/mol. The van der Waals surface area contributed by atoms with Crippen LogP contribution in [-0.4, -0.2) is 79.0 Å². The minimum atomic E-state index is -1.82. The standard InChI is InChI=1S/C29H32N2O14/c1-15(33)41-22-23(42-16(2)34)25(43-17(3)35)27(44-24(22)26(36)39-4)45-29(38)31-21-11-7-19(8-12-21)14-40-28(37)30-20-9-5-18(13-32)6-10-20/h5-12,22-25,27,32H,13-14H2,1-4H3,(H,30,37)(H,31,38). The number of rotatable bonds is 10. The molecule has 1 fully saturated rings. The third-order valence-electron chi connectivity index (χ3n) is 6.01. The molecule has 5 unspecified atom stereocenters. The van der Waals surface area contributed by atoms with Crippen LogP contribution in [-0.2, 0) is 65.5 Å². The van der Waals surface area contributed by atoms with Crippen LogP contribution in [0.4, 0.5) is 21.0 Å². The highest BCUT2D eigenvalue weighted by Crippen LogP contribution is 2.30. The van der Waals surface area contributed by atoms with Gasteiger partial charge in [0.25, 0.3) is 0 Å². The van der Waals surface area contributed by atoms with Gasteiger partial charge >= 0.3 is 36.1 Å². The first-order valence-electron chi connectivity index (χ1n) is 13.3. The topological polar surface area (TPSA) is 211 Å². The number of methoxy groups -OCH3 is 1. The predicted octanol–water partition coefficient (Wildman–Crippen LogP) is 2.17. The molecule has 16 nitrogen and oxygen atoms in total. The Kier molecular flexibility index (Phi) is 12.2. The molecule has 0 aromatic heterocycles. The fourth-order valence-corrected chi connectivity index (χ4v) is 4.11. The number of benzene rings is 2. The van der Waals surface area contributed by atoms with Crippen LogP contribution in [0.15, 0.2) is 48.5 Å². The molecule has 0 saturated carbocycles. The van der Waals surface area contributed by atoms with Crippen molar-refractivity contribution in [1.29, 1.82) is 0 Å². The van der Waals surface area contributed by atoms with Gasteiger partial charge in [-0.1, -0.05) is 24.3 Å². The summed E-state index contributed by atoms with van der Waals surface area (Å²) in [6.07, 6.45) is -10.3. The van der Waals surface area contributed by atoms with Crippen molar-refractivity contribution in [2.75, 3.05) is 17.7 Å². The summed E-state index contributed by atoms with van der Waals surface area (Å²) in [7, 11) is 1.02. The van der Waals surface area contributed by atoms with E-state index in [2.05, 4.69) is 10.6 Å². The van der Waals surface area contributed by atoms with Crippen LogP contribution in [0.5, 0.6) is 0 Å². The molecule has 1 heterocycles. The number of hydrogen-bond acceptors (Lipinski definition) is 14. The lowest BCUT2D eigenvalue weighted by Gasteiger charge is -2.42. The molecule has 5 atom stereocenters. The largest absolute Gasteiger partial charge is 0.467 e. The fraction of sp³-hybridized carbons (Fsp3) is 0.379. The summed E-state index contributed by atoms with van der Waals surface area (Å²) in [6.45, 7) is 2.86. The molecule has 2 aromatic carbocycles. The second-order valence-electron chi connectivity index (χ2n) is 9.45. The number of aliphatic hydroxyl groups excluding tert-OH is 1. The maximum absolute atomic E-state index is 12.8. The van der Waals surface area contributed by atoms with Crippen molar-refractivity contribution in [1.82, 2.24) is 0 Å². The summed E-state index contributed by atoms with van der Waals surface area (Å²) in [5, 5.41) is 14.1. The van der Waals surface area contributed by atoms with E-state index in [0.29, 0.717) is 16.8 Å². The van der Waals surface area contributed by atoms with Crippen molar-refractivity contribution in [3.63, 3.8) is 0 Å². The van der Waals surface area contributed by atoms with Gasteiger partial charge in [0.05, 0.1) is 13.7 Å². The quantitative estimate of drug-likeness (QED) is 0.253. The summed E-state index contributed by atoms with van der Waals surface area (Å²) in [6, 6.07) is 12.6. The third-order valence-corrected chi connectivity index (χ3v) is 6.01. The minimum absolute atomic E-state index is 0.0960. The van der Waals surface area contributed by atoms with Crippen LogP contribution in [0, 0.1) is 0 Å². The fourth-order valence-electron chi connectivity index (χ4n) is 4.11. The van der Waals surface area contributed by atoms with Gasteiger partial charge in [0, 0.05) is 32.1 Å². The number of nitrogens with one attached hydrogen (secondary N) is 2. The van der Waals surface area contributed by atoms with E-state index in [1.807, 2.05) is 0 Å². The Morgan fingerprint density at radius 1 is 0.689 bits per heavy atom. The summed E-state index contributed by atoms with van der Waals surface area (Å²) in [5.41, 5.74) is 1.97. The SMILES string of the molecule is COC(=O)C1OC(OC(=O)Nc2ccc(COC(=O)Nc3ccc(CO)cc3)cc2)C(OC(C)=O)C(OC(C)=O)C1OC(C)=O. The molecule has 3 rings (SSSR count). The Balaban J connectivity index is 1.67. The van der Waals surface area contributed by atoms with Gasteiger partial charge < -0.3 is 38.3 Å². The van der Waals surface area contributed by atoms with Gasteiger partial charge in [-0.2, -0.15) is 0 Å². The summed E-state index contributed by atoms with van der Waals surface area (Å²) in [5.74, 6) is -3.71. The molecular formula is C29H32N2O14. The first-order valence-corrected chi connectivity index (χ1v) is 13.3. The van der Waals surface area contributed by atoms with Crippen molar-refractivity contribution < 1.29 is 67.0 Å². The molecule has 45 heavy (non-hydrogen) atoms. The summed E-state index contributed by atoms with van der Waals surface area (Å²) < 4.78 is 36.3. The highest BCUT2D eigenvalue weighted by molar-refractivity contribution is 5.85. The second kappa shape index (κ2) is 16.0. The zero-order valence-electron chi connectivity index (χ0n) is 24.7. The Bertz CT molecular complexity index is 1380. The number of aliphatic hydroxyl groups is 1. The number of esters is 4. The highest BCUT2D eigenvalue weighted by atomic mass is 16.8. The third kappa shape index (κ3) is 10.2. The van der Waals surface area contributed by atoms with E-state index in [0.717, 1.165) is 27.9 Å². The van der Waals surface area contributed by atoms with Crippen molar-refractivity contribution >= 4 is 47.4 Å². The molecule has 0 aliphatic carbocycles. The maximum atomic E-state index is 12.8. The number of carbonyl (C=O) groups is 6. The van der Waals surface area contributed by atoms with Gasteiger partial charge in [0.1, 0.15) is 6.61 Å². The van der Waals surface area contributed by atoms with Gasteiger partial charge in [-0.15, -0.1) is 0 Å². The van der Waals surface area contributed by atoms with Gasteiger partial charge in [-0.25, -0.2) is 14.4 Å². The van der Waals surface area contributed by atoms with Crippen LogP contribution < -0.4 is 10.6 Å². The molecule has 1 saturated heterocycles. The van der Waals surface area contributed by atoms with Crippen LogP contribution in [0.3, 0.4) is 0 Å². The first kappa shape index (κ1) is 34.3. The average molecular weight is 633 g/mol. The molecule has 1 aliphatic rings. The lowest BCUT2D eigenvalue weighted by atomic mass is 9.97. The smallest absolute Gasteiger partial charge is 0.414 e. The number of carbonyl (C=O) groups excluding carboxylic acids is 6. The molecule has 242 valence electrons. The molecule has 0 radical (unpaired) electrons. The van der Waals surface area contributed by atoms with Crippen LogP contribution in [0.2, 0.25) is 0 Å². The Morgan fingerprint density at radius 3 is 1.69 bits per heavy atom. The van der Waals surface area contributed by atoms with Gasteiger partial charge in [0.2, 0.25) is 12.4 Å². The minimum Gasteiger partial charge on any atom is -0.467 e. The second-order valence-corrected chi connectivity index (χ2v) is 9.45.